The van der Waals surface area contributed by atoms with Crippen LogP contribution >= 0.6 is 0 Å². The van der Waals surface area contributed by atoms with Gasteiger partial charge < -0.3 is 14.6 Å². The molecule has 4 fully saturated rings. The van der Waals surface area contributed by atoms with Crippen molar-refractivity contribution in [1.82, 2.24) is 4.72 Å². The van der Waals surface area contributed by atoms with Crippen molar-refractivity contribution in [2.75, 3.05) is 17.3 Å². The quantitative estimate of drug-likeness (QED) is 0.633. The summed E-state index contributed by atoms with van der Waals surface area (Å²) in [6.45, 7) is 3.01. The molecule has 4 saturated heterocycles. The molecule has 0 radical (unpaired) electrons. The molecule has 2 bridgehead atoms. The highest BCUT2D eigenvalue weighted by Crippen LogP contribution is 2.65. The lowest BCUT2D eigenvalue weighted by atomic mass is 9.63. The molecule has 1 aromatic carbocycles. The van der Waals surface area contributed by atoms with E-state index in [9.17, 15) is 31.5 Å². The van der Waals surface area contributed by atoms with Crippen molar-refractivity contribution < 1.29 is 41.0 Å². The van der Waals surface area contributed by atoms with Crippen LogP contribution in [-0.2, 0) is 30.5 Å². The summed E-state index contributed by atoms with van der Waals surface area (Å²) in [6.07, 6.45) is -6.93. The van der Waals surface area contributed by atoms with Crippen LogP contribution in [0.1, 0.15) is 31.4 Å². The second kappa shape index (κ2) is 7.14. The number of hydrogen-bond acceptors (Lipinski definition) is 7. The number of aliphatic hydroxyl groups excluding tert-OH is 1. The van der Waals surface area contributed by atoms with Crippen LogP contribution < -0.4 is 9.62 Å². The molecular formula is C21H22F3N3O6S. The smallest absolute Gasteiger partial charge is 0.388 e. The molecule has 7 atom stereocenters. The number of carbonyl (C=O) groups is 1. The van der Waals surface area contributed by atoms with Gasteiger partial charge in [-0.1, -0.05) is 0 Å². The molecule has 2 N–H and O–H groups in total. The van der Waals surface area contributed by atoms with E-state index in [1.54, 1.807) is 0 Å². The van der Waals surface area contributed by atoms with Gasteiger partial charge >= 0.3 is 6.18 Å². The van der Waals surface area contributed by atoms with E-state index in [1.807, 2.05) is 0 Å². The summed E-state index contributed by atoms with van der Waals surface area (Å²) in [7, 11) is -3.77. The third-order valence-electron chi connectivity index (χ3n) is 7.63. The number of amides is 1. The van der Waals surface area contributed by atoms with Crippen LogP contribution in [0.2, 0.25) is 0 Å². The molecule has 0 unspecified atom stereocenters. The minimum Gasteiger partial charge on any atom is -0.388 e. The summed E-state index contributed by atoms with van der Waals surface area (Å²) in [5, 5.41) is 20.3. The second-order valence-electron chi connectivity index (χ2n) is 9.25. The number of hydrogen-bond donors (Lipinski definition) is 2. The summed E-state index contributed by atoms with van der Waals surface area (Å²) in [4.78, 5) is 14.8. The Kier molecular flexibility index (Phi) is 4.94. The normalized spacial score (nSPS) is 38.8. The van der Waals surface area contributed by atoms with Crippen molar-refractivity contribution in [1.29, 1.82) is 5.26 Å². The first-order valence-electron chi connectivity index (χ1n) is 10.7. The lowest BCUT2D eigenvalue weighted by Crippen LogP contribution is -2.65. The van der Waals surface area contributed by atoms with Crippen molar-refractivity contribution >= 4 is 21.6 Å². The van der Waals surface area contributed by atoms with Gasteiger partial charge in [0, 0.05) is 12.1 Å². The molecular weight excluding hydrogens is 479 g/mol. The van der Waals surface area contributed by atoms with E-state index >= 15 is 0 Å². The molecule has 0 saturated carbocycles. The highest BCUT2D eigenvalue weighted by molar-refractivity contribution is 7.89. The Hall–Kier alpha value is -2.24. The van der Waals surface area contributed by atoms with E-state index in [1.165, 1.54) is 26.0 Å². The molecule has 34 heavy (non-hydrogen) atoms. The average Bonchev–Trinajstić information content (AvgIpc) is 3.31. The molecule has 1 amide bonds. The number of carbonyl (C=O) groups excluding carboxylic acids is 1. The van der Waals surface area contributed by atoms with E-state index in [0.29, 0.717) is 0 Å². The number of nitriles is 1. The van der Waals surface area contributed by atoms with Crippen molar-refractivity contribution in [2.24, 2.45) is 11.8 Å². The van der Waals surface area contributed by atoms with Gasteiger partial charge in [0.25, 0.3) is 0 Å². The third kappa shape index (κ3) is 2.92. The van der Waals surface area contributed by atoms with E-state index in [4.69, 9.17) is 14.7 Å². The van der Waals surface area contributed by atoms with Crippen LogP contribution in [-0.4, -0.2) is 61.4 Å². The number of benzene rings is 1. The van der Waals surface area contributed by atoms with Gasteiger partial charge in [0.05, 0.1) is 53.0 Å². The van der Waals surface area contributed by atoms with Gasteiger partial charge in [-0.15, -0.1) is 0 Å². The standard InChI is InChI=1S/C21H22F3N3O6S/c1-3-34(30,31)26-15-16(28)20-6-7-32-18-14(20)13(19(15,2)33-20)17(29)27(18)11-5-4-10(9-25)12(8-11)21(22,23)24/h4-5,8,13-16,18,26,28H,3,6-7H2,1-2H3/t13-,14+,15+,16+,18+,19+,20-/m1/s1. The van der Waals surface area contributed by atoms with Crippen molar-refractivity contribution in [3.8, 4) is 6.07 Å². The lowest BCUT2D eigenvalue weighted by molar-refractivity contribution is -0.164. The van der Waals surface area contributed by atoms with Crippen molar-refractivity contribution in [3.05, 3.63) is 29.3 Å². The fourth-order valence-corrected chi connectivity index (χ4v) is 7.08. The Bertz CT molecular complexity index is 1220. The third-order valence-corrected chi connectivity index (χ3v) is 9.00. The highest BCUT2D eigenvalue weighted by Gasteiger charge is 2.81. The van der Waals surface area contributed by atoms with E-state index in [0.717, 1.165) is 17.0 Å². The van der Waals surface area contributed by atoms with Crippen LogP contribution in [0.5, 0.6) is 0 Å². The first-order valence-corrected chi connectivity index (χ1v) is 12.4. The monoisotopic (exact) mass is 501 g/mol. The lowest BCUT2D eigenvalue weighted by Gasteiger charge is -2.45. The van der Waals surface area contributed by atoms with Crippen LogP contribution in [0.4, 0.5) is 18.9 Å². The first kappa shape index (κ1) is 23.5. The van der Waals surface area contributed by atoms with Crippen molar-refractivity contribution in [2.45, 2.75) is 56.0 Å². The minimum absolute atomic E-state index is 0.0421. The number of nitrogens with one attached hydrogen (secondary N) is 1. The van der Waals surface area contributed by atoms with Gasteiger partial charge in [-0.2, -0.15) is 18.4 Å². The van der Waals surface area contributed by atoms with Gasteiger partial charge in [-0.3, -0.25) is 9.69 Å². The van der Waals surface area contributed by atoms with E-state index < -0.39 is 74.6 Å². The van der Waals surface area contributed by atoms with Crippen molar-refractivity contribution in [3.63, 3.8) is 0 Å². The Labute approximate surface area is 193 Å². The molecule has 5 rings (SSSR count). The maximum atomic E-state index is 13.7. The maximum absolute atomic E-state index is 13.7. The number of ether oxygens (including phenoxy) is 2. The topological polar surface area (TPSA) is 129 Å². The number of aliphatic hydroxyl groups is 1. The number of rotatable bonds is 4. The number of fused-ring (bicyclic) bond motifs is 2. The molecule has 0 aliphatic carbocycles. The zero-order chi connectivity index (χ0) is 24.8. The number of sulfonamides is 1. The van der Waals surface area contributed by atoms with Gasteiger partial charge in [-0.05, 0) is 32.0 Å². The second-order valence-corrected chi connectivity index (χ2v) is 11.3. The van der Waals surface area contributed by atoms with Crippen LogP contribution in [0.15, 0.2) is 18.2 Å². The molecule has 184 valence electrons. The highest BCUT2D eigenvalue weighted by atomic mass is 32.2. The Morgan fingerprint density at radius 1 is 1.38 bits per heavy atom. The van der Waals surface area contributed by atoms with E-state index in [2.05, 4.69) is 4.72 Å². The summed E-state index contributed by atoms with van der Waals surface area (Å²) in [6, 6.07) is 3.37. The molecule has 0 aromatic heterocycles. The Morgan fingerprint density at radius 2 is 2.09 bits per heavy atom. The molecule has 4 aliphatic heterocycles. The molecule has 9 nitrogen and oxygen atoms in total. The SMILES string of the molecule is CCS(=O)(=O)N[C@H]1[C@H](O)[C@@]23CCO[C@H]4[C@@H]2[C@H](C(=O)N4c2ccc(C#N)c(C(F)(F)F)c2)[C@]1(C)O3. The minimum atomic E-state index is -4.82. The van der Waals surface area contributed by atoms with Gasteiger partial charge in [-0.25, -0.2) is 13.1 Å². The van der Waals surface area contributed by atoms with Gasteiger partial charge in [0.2, 0.25) is 15.9 Å². The fraction of sp³-hybridized carbons (Fsp3) is 0.619. The predicted molar refractivity (Wildman–Crippen MR) is 110 cm³/mol. The zero-order valence-electron chi connectivity index (χ0n) is 18.2. The van der Waals surface area contributed by atoms with E-state index in [-0.39, 0.29) is 24.5 Å². The van der Waals surface area contributed by atoms with Crippen LogP contribution in [0, 0.1) is 23.2 Å². The molecule has 13 heteroatoms. The number of anilines is 1. The van der Waals surface area contributed by atoms with Crippen LogP contribution in [0.25, 0.3) is 0 Å². The molecule has 1 aromatic rings. The molecule has 4 heterocycles. The van der Waals surface area contributed by atoms with Gasteiger partial charge in [0.15, 0.2) is 0 Å². The summed E-state index contributed by atoms with van der Waals surface area (Å²) in [5.41, 5.74) is -4.60. The first-order chi connectivity index (χ1) is 15.8. The molecule has 1 spiro atoms. The molecule has 4 aliphatic rings. The maximum Gasteiger partial charge on any atom is 0.417 e. The van der Waals surface area contributed by atoms with Crippen LogP contribution in [0.3, 0.4) is 0 Å². The Balaban J connectivity index is 1.60. The summed E-state index contributed by atoms with van der Waals surface area (Å²) in [5.74, 6) is -2.52. The predicted octanol–water partition coefficient (Wildman–Crippen LogP) is 1.11. The number of halogens is 3. The fourth-order valence-electron chi connectivity index (χ4n) is 6.16. The average molecular weight is 501 g/mol. The summed E-state index contributed by atoms with van der Waals surface area (Å²) >= 11 is 0. The number of nitrogens with zero attached hydrogens (tertiary/aromatic N) is 2. The zero-order valence-corrected chi connectivity index (χ0v) is 19.0. The number of alkyl halides is 3. The largest absolute Gasteiger partial charge is 0.417 e. The summed E-state index contributed by atoms with van der Waals surface area (Å²) < 4.78 is 79.8. The Morgan fingerprint density at radius 3 is 2.71 bits per heavy atom. The van der Waals surface area contributed by atoms with Gasteiger partial charge in [0.1, 0.15) is 17.9 Å².